The van der Waals surface area contributed by atoms with Crippen LogP contribution in [0.2, 0.25) is 0 Å². The van der Waals surface area contributed by atoms with E-state index in [1.165, 1.54) is 15.4 Å². The molecule has 0 radical (unpaired) electrons. The molecule has 1 saturated heterocycles. The molecular weight excluding hydrogens is 464 g/mol. The summed E-state index contributed by atoms with van der Waals surface area (Å²) < 4.78 is 28.8. The number of sulfonamides is 1. The van der Waals surface area contributed by atoms with Crippen molar-refractivity contribution < 1.29 is 13.2 Å². The average Bonchev–Trinajstić information content (AvgIpc) is 3.42. The van der Waals surface area contributed by atoms with E-state index in [1.54, 1.807) is 6.07 Å². The third kappa shape index (κ3) is 3.72. The number of carbonyl (C=O) groups excluding carboxylic acids is 1. The highest BCUT2D eigenvalue weighted by atomic mass is 79.9. The van der Waals surface area contributed by atoms with E-state index < -0.39 is 10.0 Å². The van der Waals surface area contributed by atoms with E-state index in [1.807, 2.05) is 29.2 Å². The van der Waals surface area contributed by atoms with Gasteiger partial charge in [0.2, 0.25) is 15.9 Å². The zero-order valence-corrected chi connectivity index (χ0v) is 19.2. The largest absolute Gasteiger partial charge is 0.340 e. The van der Waals surface area contributed by atoms with Crippen molar-refractivity contribution in [3.63, 3.8) is 0 Å². The molecule has 5 nitrogen and oxygen atoms in total. The Morgan fingerprint density at radius 2 is 1.63 bits per heavy atom. The van der Waals surface area contributed by atoms with Crippen LogP contribution < -0.4 is 0 Å². The summed E-state index contributed by atoms with van der Waals surface area (Å²) in [5.74, 6) is 0.488. The maximum Gasteiger partial charge on any atom is 0.243 e. The Kier molecular flexibility index (Phi) is 5.24. The molecule has 1 amide bonds. The van der Waals surface area contributed by atoms with Crippen molar-refractivity contribution in [2.75, 3.05) is 26.2 Å². The molecule has 7 heteroatoms. The van der Waals surface area contributed by atoms with Crippen LogP contribution in [-0.2, 0) is 27.7 Å². The number of hydrogen-bond donors (Lipinski definition) is 0. The second-order valence-electron chi connectivity index (χ2n) is 8.51. The third-order valence-corrected chi connectivity index (χ3v) is 9.09. The first-order valence-electron chi connectivity index (χ1n) is 10.6. The van der Waals surface area contributed by atoms with E-state index in [4.69, 9.17) is 0 Å². The summed E-state index contributed by atoms with van der Waals surface area (Å²) >= 11 is 3.45. The van der Waals surface area contributed by atoms with Crippen molar-refractivity contribution in [1.82, 2.24) is 9.21 Å². The molecule has 2 fully saturated rings. The van der Waals surface area contributed by atoms with Gasteiger partial charge in [-0.1, -0.05) is 34.1 Å². The maximum absolute atomic E-state index is 13.1. The average molecular weight is 489 g/mol. The summed E-state index contributed by atoms with van der Waals surface area (Å²) in [6.07, 6.45) is 3.98. The lowest BCUT2D eigenvalue weighted by Gasteiger charge is -2.34. The first kappa shape index (κ1) is 20.2. The highest BCUT2D eigenvalue weighted by molar-refractivity contribution is 9.10. The Morgan fingerprint density at radius 1 is 0.933 bits per heavy atom. The summed E-state index contributed by atoms with van der Waals surface area (Å²) in [5.41, 5.74) is 3.64. The summed E-state index contributed by atoms with van der Waals surface area (Å²) in [5, 5.41) is 0. The number of piperazine rings is 1. The van der Waals surface area contributed by atoms with Crippen LogP contribution in [0.5, 0.6) is 0 Å². The molecule has 0 N–H and O–H groups in total. The molecule has 2 aliphatic carbocycles. The van der Waals surface area contributed by atoms with Gasteiger partial charge in [0.25, 0.3) is 0 Å². The summed E-state index contributed by atoms with van der Waals surface area (Å²) in [4.78, 5) is 15.1. The van der Waals surface area contributed by atoms with Crippen LogP contribution >= 0.6 is 15.9 Å². The first-order chi connectivity index (χ1) is 14.4. The van der Waals surface area contributed by atoms with E-state index >= 15 is 0 Å². The predicted molar refractivity (Wildman–Crippen MR) is 119 cm³/mol. The summed E-state index contributed by atoms with van der Waals surface area (Å²) in [7, 11) is -3.50. The SMILES string of the molecule is O=C(C1CC1c1ccc(Br)cc1)N1CCN(S(=O)(=O)c2ccc3c(c2)CCC3)CC1. The van der Waals surface area contributed by atoms with Crippen LogP contribution in [-0.4, -0.2) is 49.7 Å². The molecule has 0 aromatic heterocycles. The fourth-order valence-electron chi connectivity index (χ4n) is 4.79. The van der Waals surface area contributed by atoms with E-state index in [9.17, 15) is 13.2 Å². The minimum atomic E-state index is -3.50. The molecule has 0 bridgehead atoms. The number of benzene rings is 2. The van der Waals surface area contributed by atoms with Crippen LogP contribution in [0.4, 0.5) is 0 Å². The van der Waals surface area contributed by atoms with Crippen molar-refractivity contribution in [2.24, 2.45) is 5.92 Å². The molecular formula is C23H25BrN2O3S. The number of rotatable bonds is 4. The highest BCUT2D eigenvalue weighted by Crippen LogP contribution is 2.48. The molecule has 30 heavy (non-hydrogen) atoms. The van der Waals surface area contributed by atoms with Gasteiger partial charge in [-0.05, 0) is 72.6 Å². The van der Waals surface area contributed by atoms with Gasteiger partial charge in [0.15, 0.2) is 0 Å². The van der Waals surface area contributed by atoms with Crippen molar-refractivity contribution in [3.8, 4) is 0 Å². The van der Waals surface area contributed by atoms with Gasteiger partial charge < -0.3 is 4.90 Å². The number of hydrogen-bond acceptors (Lipinski definition) is 3. The van der Waals surface area contributed by atoms with Gasteiger partial charge in [-0.25, -0.2) is 8.42 Å². The van der Waals surface area contributed by atoms with Crippen molar-refractivity contribution in [2.45, 2.75) is 36.5 Å². The number of halogens is 1. The molecule has 5 rings (SSSR count). The lowest BCUT2D eigenvalue weighted by atomic mass is 10.1. The monoisotopic (exact) mass is 488 g/mol. The van der Waals surface area contributed by atoms with Gasteiger partial charge in [-0.2, -0.15) is 4.31 Å². The van der Waals surface area contributed by atoms with E-state index in [-0.39, 0.29) is 11.8 Å². The molecule has 0 spiro atoms. The minimum absolute atomic E-state index is 0.0334. The van der Waals surface area contributed by atoms with E-state index in [0.717, 1.165) is 35.7 Å². The van der Waals surface area contributed by atoms with Crippen LogP contribution in [0.15, 0.2) is 51.8 Å². The smallest absolute Gasteiger partial charge is 0.243 e. The zero-order chi connectivity index (χ0) is 20.9. The van der Waals surface area contributed by atoms with Gasteiger partial charge in [0.1, 0.15) is 0 Å². The van der Waals surface area contributed by atoms with Gasteiger partial charge in [0.05, 0.1) is 4.90 Å². The summed E-state index contributed by atoms with van der Waals surface area (Å²) in [6, 6.07) is 13.7. The second kappa shape index (κ2) is 7.77. The molecule has 2 aromatic rings. The Morgan fingerprint density at radius 3 is 2.37 bits per heavy atom. The first-order valence-corrected chi connectivity index (χ1v) is 12.8. The molecule has 2 unspecified atom stereocenters. The lowest BCUT2D eigenvalue weighted by Crippen LogP contribution is -2.51. The topological polar surface area (TPSA) is 57.7 Å². The Hall–Kier alpha value is -1.70. The molecule has 2 aromatic carbocycles. The fraction of sp³-hybridized carbons (Fsp3) is 0.435. The third-order valence-electron chi connectivity index (χ3n) is 6.66. The Bertz CT molecular complexity index is 1080. The van der Waals surface area contributed by atoms with Gasteiger partial charge >= 0.3 is 0 Å². The van der Waals surface area contributed by atoms with Crippen LogP contribution in [0.3, 0.4) is 0 Å². The highest BCUT2D eigenvalue weighted by Gasteiger charge is 2.46. The number of fused-ring (bicyclic) bond motifs is 1. The number of aryl methyl sites for hydroxylation is 2. The van der Waals surface area contributed by atoms with Gasteiger partial charge in [-0.3, -0.25) is 4.79 Å². The van der Waals surface area contributed by atoms with Gasteiger partial charge in [-0.15, -0.1) is 0 Å². The Balaban J connectivity index is 1.21. The lowest BCUT2D eigenvalue weighted by molar-refractivity contribution is -0.133. The molecule has 1 saturated carbocycles. The molecule has 1 aliphatic heterocycles. The molecule has 2 atom stereocenters. The number of amides is 1. The summed E-state index contributed by atoms with van der Waals surface area (Å²) in [6.45, 7) is 1.65. The van der Waals surface area contributed by atoms with Crippen LogP contribution in [0.25, 0.3) is 0 Å². The second-order valence-corrected chi connectivity index (χ2v) is 11.4. The van der Waals surface area contributed by atoms with Crippen LogP contribution in [0.1, 0.15) is 35.4 Å². The van der Waals surface area contributed by atoms with E-state index in [0.29, 0.717) is 37.0 Å². The van der Waals surface area contributed by atoms with Gasteiger partial charge in [0, 0.05) is 36.6 Å². The minimum Gasteiger partial charge on any atom is -0.340 e. The predicted octanol–water partition coefficient (Wildman–Crippen LogP) is 3.57. The van der Waals surface area contributed by atoms with E-state index in [2.05, 4.69) is 28.1 Å². The van der Waals surface area contributed by atoms with Crippen molar-refractivity contribution in [3.05, 3.63) is 63.6 Å². The van der Waals surface area contributed by atoms with Crippen molar-refractivity contribution >= 4 is 31.9 Å². The molecule has 1 heterocycles. The normalized spacial score (nSPS) is 24.0. The Labute approximate surface area is 186 Å². The zero-order valence-electron chi connectivity index (χ0n) is 16.8. The number of carbonyl (C=O) groups is 1. The fourth-order valence-corrected chi connectivity index (χ4v) is 6.53. The van der Waals surface area contributed by atoms with Crippen LogP contribution in [0, 0.1) is 5.92 Å². The quantitative estimate of drug-likeness (QED) is 0.660. The number of nitrogens with zero attached hydrogens (tertiary/aromatic N) is 2. The van der Waals surface area contributed by atoms with Crippen molar-refractivity contribution in [1.29, 1.82) is 0 Å². The maximum atomic E-state index is 13.1. The molecule has 3 aliphatic rings. The molecule has 158 valence electrons. The standard InChI is InChI=1S/C23H25BrN2O3S/c24-19-7-4-17(5-8-19)21-15-22(21)23(27)25-10-12-26(13-11-25)30(28,29)20-9-6-16-2-1-3-18(16)14-20/h4-9,14,21-22H,1-3,10-13,15H2.